The van der Waals surface area contributed by atoms with Crippen molar-refractivity contribution in [3.05, 3.63) is 59.9 Å². The minimum atomic E-state index is 0.301. The number of amides is 1. The van der Waals surface area contributed by atoms with Crippen LogP contribution in [0.4, 0.5) is 0 Å². The van der Waals surface area contributed by atoms with Crippen LogP contribution in [0.3, 0.4) is 0 Å². The minimum absolute atomic E-state index is 0.301. The molecule has 2 aliphatic heterocycles. The molecule has 4 heterocycles. The smallest absolute Gasteiger partial charge is 0.236 e. The Hall–Kier alpha value is -2.70. The molecule has 2 aromatic heterocycles. The molecular formula is C25H31N5O. The summed E-state index contributed by atoms with van der Waals surface area (Å²) in [6.45, 7) is 9.26. The summed E-state index contributed by atoms with van der Waals surface area (Å²) >= 11 is 0. The molecule has 31 heavy (non-hydrogen) atoms. The van der Waals surface area contributed by atoms with Crippen molar-refractivity contribution < 1.29 is 4.79 Å². The third-order valence-electron chi connectivity index (χ3n) is 6.57. The lowest BCUT2D eigenvalue weighted by Gasteiger charge is -2.35. The van der Waals surface area contributed by atoms with Gasteiger partial charge in [0.2, 0.25) is 5.91 Å². The van der Waals surface area contributed by atoms with Crippen LogP contribution in [0.2, 0.25) is 0 Å². The SMILES string of the molecule is Cc1ccc2nc(-c3ccccc3)c(CN3CCN(CC(=O)N4CCCC4)CC3)n2c1. The predicted octanol–water partition coefficient (Wildman–Crippen LogP) is 3.05. The number of hydrogen-bond acceptors (Lipinski definition) is 4. The highest BCUT2D eigenvalue weighted by atomic mass is 16.2. The van der Waals surface area contributed by atoms with Crippen LogP contribution in [0.25, 0.3) is 16.9 Å². The quantitative estimate of drug-likeness (QED) is 0.640. The van der Waals surface area contributed by atoms with E-state index in [2.05, 4.69) is 63.7 Å². The molecule has 5 rings (SSSR count). The maximum Gasteiger partial charge on any atom is 0.236 e. The van der Waals surface area contributed by atoms with Gasteiger partial charge in [-0.2, -0.15) is 0 Å². The molecular weight excluding hydrogens is 386 g/mol. The van der Waals surface area contributed by atoms with E-state index in [0.29, 0.717) is 12.5 Å². The van der Waals surface area contributed by atoms with E-state index in [0.717, 1.165) is 75.6 Å². The van der Waals surface area contributed by atoms with Crippen LogP contribution >= 0.6 is 0 Å². The molecule has 0 aliphatic carbocycles. The Balaban J connectivity index is 1.30. The normalized spacial score (nSPS) is 18.2. The molecule has 2 saturated heterocycles. The Morgan fingerprint density at radius 2 is 1.61 bits per heavy atom. The molecule has 2 fully saturated rings. The number of aryl methyl sites for hydroxylation is 1. The molecule has 3 aromatic rings. The summed E-state index contributed by atoms with van der Waals surface area (Å²) in [6.07, 6.45) is 4.50. The number of aromatic nitrogens is 2. The summed E-state index contributed by atoms with van der Waals surface area (Å²) in [5, 5.41) is 0. The Kier molecular flexibility index (Phi) is 5.74. The Bertz CT molecular complexity index is 1050. The number of benzene rings is 1. The molecule has 1 aromatic carbocycles. The average Bonchev–Trinajstić information content (AvgIpc) is 3.45. The van der Waals surface area contributed by atoms with Crippen LogP contribution in [0.1, 0.15) is 24.1 Å². The molecule has 2 aliphatic rings. The Morgan fingerprint density at radius 1 is 0.903 bits per heavy atom. The van der Waals surface area contributed by atoms with Crippen molar-refractivity contribution in [1.29, 1.82) is 0 Å². The standard InChI is InChI=1S/C25H31N5O/c1-20-9-10-23-26-25(21-7-3-2-4-8-21)22(30(23)17-20)18-27-13-15-28(16-14-27)19-24(31)29-11-5-6-12-29/h2-4,7-10,17H,5-6,11-16,18-19H2,1H3. The molecule has 0 atom stereocenters. The highest BCUT2D eigenvalue weighted by Gasteiger charge is 2.25. The number of carbonyl (C=O) groups excluding carboxylic acids is 1. The predicted molar refractivity (Wildman–Crippen MR) is 123 cm³/mol. The Labute approximate surface area is 184 Å². The molecule has 0 bridgehead atoms. The molecule has 0 saturated carbocycles. The maximum atomic E-state index is 12.5. The minimum Gasteiger partial charge on any atom is -0.342 e. The highest BCUT2D eigenvalue weighted by molar-refractivity contribution is 5.78. The number of pyridine rings is 1. The third kappa shape index (κ3) is 4.36. The number of piperazine rings is 1. The fourth-order valence-electron chi connectivity index (χ4n) is 4.75. The number of fused-ring (bicyclic) bond motifs is 1. The monoisotopic (exact) mass is 417 g/mol. The molecule has 0 radical (unpaired) electrons. The zero-order valence-electron chi connectivity index (χ0n) is 18.3. The van der Waals surface area contributed by atoms with Gasteiger partial charge in [-0.05, 0) is 31.4 Å². The van der Waals surface area contributed by atoms with Crippen molar-refractivity contribution in [3.63, 3.8) is 0 Å². The van der Waals surface area contributed by atoms with E-state index in [-0.39, 0.29) is 0 Å². The second-order valence-electron chi connectivity index (χ2n) is 8.85. The van der Waals surface area contributed by atoms with E-state index in [1.807, 2.05) is 11.0 Å². The summed E-state index contributed by atoms with van der Waals surface area (Å²) in [4.78, 5) is 24.3. The van der Waals surface area contributed by atoms with E-state index in [4.69, 9.17) is 4.98 Å². The van der Waals surface area contributed by atoms with Crippen LogP contribution in [-0.4, -0.2) is 75.8 Å². The number of imidazole rings is 1. The number of rotatable bonds is 5. The molecule has 0 unspecified atom stereocenters. The zero-order valence-corrected chi connectivity index (χ0v) is 18.3. The first-order valence-corrected chi connectivity index (χ1v) is 11.4. The van der Waals surface area contributed by atoms with E-state index in [9.17, 15) is 4.79 Å². The number of likely N-dealkylation sites (tertiary alicyclic amines) is 1. The van der Waals surface area contributed by atoms with Gasteiger partial charge in [0.15, 0.2) is 0 Å². The van der Waals surface area contributed by atoms with E-state index in [1.165, 1.54) is 11.3 Å². The first-order chi connectivity index (χ1) is 15.2. The van der Waals surface area contributed by atoms with Crippen LogP contribution < -0.4 is 0 Å². The topological polar surface area (TPSA) is 44.1 Å². The first-order valence-electron chi connectivity index (χ1n) is 11.4. The van der Waals surface area contributed by atoms with Gasteiger partial charge in [-0.25, -0.2) is 4.98 Å². The Morgan fingerprint density at radius 3 is 2.35 bits per heavy atom. The van der Waals surface area contributed by atoms with Gasteiger partial charge in [0.05, 0.1) is 17.9 Å². The van der Waals surface area contributed by atoms with Crippen LogP contribution in [-0.2, 0) is 11.3 Å². The summed E-state index contributed by atoms with van der Waals surface area (Å²) in [7, 11) is 0. The largest absolute Gasteiger partial charge is 0.342 e. The van der Waals surface area contributed by atoms with Gasteiger partial charge in [-0.3, -0.25) is 14.6 Å². The maximum absolute atomic E-state index is 12.5. The van der Waals surface area contributed by atoms with Crippen molar-refractivity contribution in [1.82, 2.24) is 24.1 Å². The van der Waals surface area contributed by atoms with Crippen molar-refractivity contribution in [2.24, 2.45) is 0 Å². The summed E-state index contributed by atoms with van der Waals surface area (Å²) < 4.78 is 2.25. The van der Waals surface area contributed by atoms with Crippen LogP contribution in [0, 0.1) is 6.92 Å². The highest BCUT2D eigenvalue weighted by Crippen LogP contribution is 2.26. The van der Waals surface area contributed by atoms with Gasteiger partial charge in [0.25, 0.3) is 0 Å². The second kappa shape index (κ2) is 8.81. The molecule has 0 spiro atoms. The average molecular weight is 418 g/mol. The van der Waals surface area contributed by atoms with Crippen molar-refractivity contribution >= 4 is 11.6 Å². The van der Waals surface area contributed by atoms with Crippen LogP contribution in [0.5, 0.6) is 0 Å². The van der Waals surface area contributed by atoms with Gasteiger partial charge in [-0.15, -0.1) is 0 Å². The fourth-order valence-corrected chi connectivity index (χ4v) is 4.75. The van der Waals surface area contributed by atoms with Gasteiger partial charge in [0.1, 0.15) is 5.65 Å². The molecule has 1 amide bonds. The first kappa shape index (κ1) is 20.2. The van der Waals surface area contributed by atoms with Crippen LogP contribution in [0.15, 0.2) is 48.7 Å². The third-order valence-corrected chi connectivity index (χ3v) is 6.57. The summed E-state index contributed by atoms with van der Waals surface area (Å²) in [6, 6.07) is 14.7. The van der Waals surface area contributed by atoms with Crippen molar-refractivity contribution in [2.75, 3.05) is 45.8 Å². The molecule has 6 heteroatoms. The van der Waals surface area contributed by atoms with E-state index in [1.54, 1.807) is 0 Å². The second-order valence-corrected chi connectivity index (χ2v) is 8.85. The van der Waals surface area contributed by atoms with Gasteiger partial charge >= 0.3 is 0 Å². The summed E-state index contributed by atoms with van der Waals surface area (Å²) in [5.74, 6) is 0.301. The molecule has 6 nitrogen and oxygen atoms in total. The van der Waals surface area contributed by atoms with E-state index >= 15 is 0 Å². The lowest BCUT2D eigenvalue weighted by molar-refractivity contribution is -0.131. The molecule has 162 valence electrons. The van der Waals surface area contributed by atoms with Gasteiger partial charge in [0, 0.05) is 57.6 Å². The van der Waals surface area contributed by atoms with Gasteiger partial charge < -0.3 is 9.30 Å². The number of nitrogens with zero attached hydrogens (tertiary/aromatic N) is 5. The fraction of sp³-hybridized carbons (Fsp3) is 0.440. The number of carbonyl (C=O) groups is 1. The number of hydrogen-bond donors (Lipinski definition) is 0. The zero-order chi connectivity index (χ0) is 21.2. The lowest BCUT2D eigenvalue weighted by atomic mass is 10.1. The van der Waals surface area contributed by atoms with Gasteiger partial charge in [-0.1, -0.05) is 36.4 Å². The lowest BCUT2D eigenvalue weighted by Crippen LogP contribution is -2.49. The summed E-state index contributed by atoms with van der Waals surface area (Å²) in [5.41, 5.74) is 5.70. The molecule has 0 N–H and O–H groups in total. The van der Waals surface area contributed by atoms with E-state index < -0.39 is 0 Å². The van der Waals surface area contributed by atoms with Crippen molar-refractivity contribution in [2.45, 2.75) is 26.3 Å². The van der Waals surface area contributed by atoms with Crippen molar-refractivity contribution in [3.8, 4) is 11.3 Å².